The SMILES string of the molecule is CN(CCCCCO)C(=O)N1CCOCC1CC(=O)O. The van der Waals surface area contributed by atoms with Crippen LogP contribution in [-0.4, -0.2) is 78.0 Å². The quantitative estimate of drug-likeness (QED) is 0.661. The van der Waals surface area contributed by atoms with E-state index >= 15 is 0 Å². The van der Waals surface area contributed by atoms with Gasteiger partial charge in [0.2, 0.25) is 0 Å². The van der Waals surface area contributed by atoms with Crippen molar-refractivity contribution < 1.29 is 24.5 Å². The molecule has 2 amide bonds. The van der Waals surface area contributed by atoms with Gasteiger partial charge >= 0.3 is 12.0 Å². The lowest BCUT2D eigenvalue weighted by Gasteiger charge is -2.37. The van der Waals surface area contributed by atoms with Crippen LogP contribution in [0.2, 0.25) is 0 Å². The Morgan fingerprint density at radius 3 is 2.75 bits per heavy atom. The summed E-state index contributed by atoms with van der Waals surface area (Å²) in [6.07, 6.45) is 2.35. The summed E-state index contributed by atoms with van der Waals surface area (Å²) in [5.41, 5.74) is 0. The summed E-state index contributed by atoms with van der Waals surface area (Å²) in [7, 11) is 1.72. The predicted molar refractivity (Wildman–Crippen MR) is 72.5 cm³/mol. The summed E-state index contributed by atoms with van der Waals surface area (Å²) in [5.74, 6) is -0.927. The van der Waals surface area contributed by atoms with Crippen molar-refractivity contribution in [3.05, 3.63) is 0 Å². The summed E-state index contributed by atoms with van der Waals surface area (Å²) in [5, 5.41) is 17.6. The first-order valence-corrected chi connectivity index (χ1v) is 6.98. The molecule has 0 aliphatic carbocycles. The van der Waals surface area contributed by atoms with E-state index in [4.69, 9.17) is 14.9 Å². The molecule has 1 aliphatic heterocycles. The van der Waals surface area contributed by atoms with Crippen LogP contribution in [0.3, 0.4) is 0 Å². The molecule has 0 aromatic carbocycles. The fraction of sp³-hybridized carbons (Fsp3) is 0.846. The fourth-order valence-corrected chi connectivity index (χ4v) is 2.23. The number of carboxylic acid groups (broad SMARTS) is 1. The molecule has 1 rings (SSSR count). The van der Waals surface area contributed by atoms with Gasteiger partial charge in [-0.3, -0.25) is 4.79 Å². The molecule has 1 saturated heterocycles. The first-order chi connectivity index (χ1) is 9.56. The number of aliphatic carboxylic acids is 1. The first kappa shape index (κ1) is 16.7. The number of carbonyl (C=O) groups excluding carboxylic acids is 1. The van der Waals surface area contributed by atoms with Crippen molar-refractivity contribution in [2.75, 3.05) is 40.0 Å². The van der Waals surface area contributed by atoms with Gasteiger partial charge in [-0.15, -0.1) is 0 Å². The number of aliphatic hydroxyl groups excluding tert-OH is 1. The highest BCUT2D eigenvalue weighted by Gasteiger charge is 2.30. The lowest BCUT2D eigenvalue weighted by Crippen LogP contribution is -2.53. The summed E-state index contributed by atoms with van der Waals surface area (Å²) in [6, 6.07) is -0.544. The third-order valence-corrected chi connectivity index (χ3v) is 3.36. The van der Waals surface area contributed by atoms with Gasteiger partial charge < -0.3 is 24.7 Å². The molecule has 116 valence electrons. The number of hydrogen-bond acceptors (Lipinski definition) is 4. The minimum Gasteiger partial charge on any atom is -0.481 e. The van der Waals surface area contributed by atoms with Crippen molar-refractivity contribution in [3.8, 4) is 0 Å². The molecule has 1 atom stereocenters. The van der Waals surface area contributed by atoms with E-state index in [1.165, 1.54) is 0 Å². The Labute approximate surface area is 119 Å². The Bertz CT molecular complexity index is 324. The Hall–Kier alpha value is -1.34. The number of urea groups is 1. The summed E-state index contributed by atoms with van der Waals surface area (Å²) < 4.78 is 5.25. The van der Waals surface area contributed by atoms with Crippen LogP contribution in [0.15, 0.2) is 0 Å². The molecule has 7 heteroatoms. The highest BCUT2D eigenvalue weighted by atomic mass is 16.5. The number of carboxylic acids is 1. The number of morpholine rings is 1. The van der Waals surface area contributed by atoms with Crippen molar-refractivity contribution in [1.82, 2.24) is 9.80 Å². The summed E-state index contributed by atoms with van der Waals surface area (Å²) in [6.45, 7) is 1.92. The standard InChI is InChI=1S/C13H24N2O5/c1-14(5-3-2-4-7-16)13(19)15-6-8-20-10-11(15)9-12(17)18/h11,16H,2-10H2,1H3,(H,17,18). The molecule has 0 spiro atoms. The van der Waals surface area contributed by atoms with Crippen LogP contribution in [0.5, 0.6) is 0 Å². The normalized spacial score (nSPS) is 18.9. The monoisotopic (exact) mass is 288 g/mol. The van der Waals surface area contributed by atoms with Gasteiger partial charge in [0.05, 0.1) is 25.7 Å². The zero-order valence-electron chi connectivity index (χ0n) is 12.0. The van der Waals surface area contributed by atoms with Crippen molar-refractivity contribution in [3.63, 3.8) is 0 Å². The highest BCUT2D eigenvalue weighted by Crippen LogP contribution is 2.13. The van der Waals surface area contributed by atoms with Crippen LogP contribution < -0.4 is 0 Å². The number of rotatable bonds is 7. The molecule has 0 radical (unpaired) electrons. The van der Waals surface area contributed by atoms with Crippen LogP contribution in [0, 0.1) is 0 Å². The molecular formula is C13H24N2O5. The maximum atomic E-state index is 12.3. The smallest absolute Gasteiger partial charge is 0.320 e. The average Bonchev–Trinajstić information content (AvgIpc) is 2.42. The maximum Gasteiger partial charge on any atom is 0.320 e. The number of hydrogen-bond donors (Lipinski definition) is 2. The molecule has 1 aliphatic rings. The Morgan fingerprint density at radius 2 is 2.10 bits per heavy atom. The van der Waals surface area contributed by atoms with Gasteiger partial charge in [0.15, 0.2) is 0 Å². The Morgan fingerprint density at radius 1 is 1.35 bits per heavy atom. The maximum absolute atomic E-state index is 12.3. The second-order valence-electron chi connectivity index (χ2n) is 5.01. The van der Waals surface area contributed by atoms with Crippen molar-refractivity contribution in [2.24, 2.45) is 0 Å². The van der Waals surface area contributed by atoms with E-state index in [0.717, 1.165) is 19.3 Å². The van der Waals surface area contributed by atoms with Crippen molar-refractivity contribution >= 4 is 12.0 Å². The molecule has 2 N–H and O–H groups in total. The number of amides is 2. The van der Waals surface area contributed by atoms with Gasteiger partial charge in [0.1, 0.15) is 0 Å². The van der Waals surface area contributed by atoms with E-state index in [2.05, 4.69) is 0 Å². The van der Waals surface area contributed by atoms with E-state index < -0.39 is 12.0 Å². The van der Waals surface area contributed by atoms with Crippen LogP contribution in [0.25, 0.3) is 0 Å². The van der Waals surface area contributed by atoms with E-state index in [9.17, 15) is 9.59 Å². The minimum absolute atomic E-state index is 0.0932. The van der Waals surface area contributed by atoms with Crippen LogP contribution in [0.4, 0.5) is 4.79 Å². The van der Waals surface area contributed by atoms with E-state index in [1.54, 1.807) is 16.8 Å². The number of unbranched alkanes of at least 4 members (excludes halogenated alkanes) is 2. The van der Waals surface area contributed by atoms with E-state index in [1.807, 2.05) is 0 Å². The van der Waals surface area contributed by atoms with E-state index in [-0.39, 0.29) is 25.7 Å². The molecule has 1 heterocycles. The van der Waals surface area contributed by atoms with Crippen LogP contribution >= 0.6 is 0 Å². The van der Waals surface area contributed by atoms with E-state index in [0.29, 0.717) is 19.7 Å². The first-order valence-electron chi connectivity index (χ1n) is 6.98. The highest BCUT2D eigenvalue weighted by molar-refractivity contribution is 5.76. The van der Waals surface area contributed by atoms with Gasteiger partial charge in [-0.05, 0) is 19.3 Å². The van der Waals surface area contributed by atoms with Gasteiger partial charge in [-0.25, -0.2) is 4.79 Å². The predicted octanol–water partition coefficient (Wildman–Crippen LogP) is 0.376. The topological polar surface area (TPSA) is 90.3 Å². The summed E-state index contributed by atoms with van der Waals surface area (Å²) in [4.78, 5) is 26.3. The molecule has 0 aromatic heterocycles. The van der Waals surface area contributed by atoms with Crippen molar-refractivity contribution in [1.29, 1.82) is 0 Å². The van der Waals surface area contributed by atoms with Crippen LogP contribution in [-0.2, 0) is 9.53 Å². The average molecular weight is 288 g/mol. The Balaban J connectivity index is 2.47. The third-order valence-electron chi connectivity index (χ3n) is 3.36. The second kappa shape index (κ2) is 8.76. The molecule has 20 heavy (non-hydrogen) atoms. The largest absolute Gasteiger partial charge is 0.481 e. The minimum atomic E-state index is -0.927. The molecule has 1 fully saturated rings. The molecule has 7 nitrogen and oxygen atoms in total. The van der Waals surface area contributed by atoms with Crippen LogP contribution in [0.1, 0.15) is 25.7 Å². The second-order valence-corrected chi connectivity index (χ2v) is 5.01. The lowest BCUT2D eigenvalue weighted by atomic mass is 10.1. The molecule has 0 aromatic rings. The van der Waals surface area contributed by atoms with Crippen molar-refractivity contribution in [2.45, 2.75) is 31.7 Å². The Kier molecular flexibility index (Phi) is 7.32. The zero-order chi connectivity index (χ0) is 15.0. The zero-order valence-corrected chi connectivity index (χ0v) is 12.0. The summed E-state index contributed by atoms with van der Waals surface area (Å²) >= 11 is 0. The van der Waals surface area contributed by atoms with Gasteiger partial charge in [0.25, 0.3) is 0 Å². The number of nitrogens with zero attached hydrogens (tertiary/aromatic N) is 2. The number of ether oxygens (including phenoxy) is 1. The molecule has 1 unspecified atom stereocenters. The molecule has 0 saturated carbocycles. The number of aliphatic hydroxyl groups is 1. The van der Waals surface area contributed by atoms with Gasteiger partial charge in [-0.1, -0.05) is 0 Å². The number of carbonyl (C=O) groups is 2. The van der Waals surface area contributed by atoms with Gasteiger partial charge in [-0.2, -0.15) is 0 Å². The fourth-order valence-electron chi connectivity index (χ4n) is 2.23. The molecular weight excluding hydrogens is 264 g/mol. The lowest BCUT2D eigenvalue weighted by molar-refractivity contribution is -0.139. The van der Waals surface area contributed by atoms with Gasteiger partial charge in [0, 0.05) is 26.7 Å². The third kappa shape index (κ3) is 5.34. The molecule has 0 bridgehead atoms.